The Hall–Kier alpha value is -0.230. The summed E-state index contributed by atoms with van der Waals surface area (Å²) in [6.07, 6.45) is 8.43. The fourth-order valence-corrected chi connectivity index (χ4v) is 2.97. The molecule has 1 aliphatic rings. The second kappa shape index (κ2) is 6.49. The highest BCUT2D eigenvalue weighted by Gasteiger charge is 2.22. The third-order valence-electron chi connectivity index (χ3n) is 3.85. The minimum atomic E-state index is 0.607. The van der Waals surface area contributed by atoms with E-state index in [0.29, 0.717) is 5.92 Å². The number of rotatable bonds is 5. The van der Waals surface area contributed by atoms with Crippen LogP contribution in [-0.4, -0.2) is 0 Å². The van der Waals surface area contributed by atoms with Crippen LogP contribution >= 0.6 is 11.6 Å². The molecule has 0 aromatic heterocycles. The van der Waals surface area contributed by atoms with Gasteiger partial charge in [0.1, 0.15) is 0 Å². The van der Waals surface area contributed by atoms with E-state index in [-0.39, 0.29) is 0 Å². The van der Waals surface area contributed by atoms with Crippen molar-refractivity contribution >= 4 is 11.6 Å². The third-order valence-corrected chi connectivity index (χ3v) is 4.25. The van der Waals surface area contributed by atoms with Crippen molar-refractivity contribution < 1.29 is 0 Å². The van der Waals surface area contributed by atoms with Gasteiger partial charge in [-0.05, 0) is 37.2 Å². The van der Waals surface area contributed by atoms with Crippen LogP contribution in [0, 0.1) is 11.8 Å². The van der Waals surface area contributed by atoms with E-state index < -0.39 is 0 Å². The van der Waals surface area contributed by atoms with Crippen molar-refractivity contribution in [1.29, 1.82) is 0 Å². The van der Waals surface area contributed by atoms with Gasteiger partial charge in [0, 0.05) is 5.03 Å². The highest BCUT2D eigenvalue weighted by molar-refractivity contribution is 6.30. The summed E-state index contributed by atoms with van der Waals surface area (Å²) in [7, 11) is 0. The van der Waals surface area contributed by atoms with E-state index >= 15 is 0 Å². The number of unbranched alkanes of at least 4 members (excludes halogenated alkanes) is 1. The predicted molar refractivity (Wildman–Crippen MR) is 73.7 cm³/mol. The molecule has 2 unspecified atom stereocenters. The average Bonchev–Trinajstić information content (AvgIpc) is 2.25. The van der Waals surface area contributed by atoms with Gasteiger partial charge in [-0.2, -0.15) is 0 Å². The minimum absolute atomic E-state index is 0.607. The van der Waals surface area contributed by atoms with Crippen molar-refractivity contribution in [3.8, 4) is 0 Å². The van der Waals surface area contributed by atoms with Crippen LogP contribution in [0.2, 0.25) is 0 Å². The Morgan fingerprint density at radius 2 is 2.06 bits per heavy atom. The zero-order valence-electron chi connectivity index (χ0n) is 11.1. The first-order chi connectivity index (χ1) is 7.57. The molecule has 0 radical (unpaired) electrons. The Bertz CT molecular complexity index is 286. The van der Waals surface area contributed by atoms with Gasteiger partial charge in [-0.3, -0.25) is 0 Å². The van der Waals surface area contributed by atoms with Crippen LogP contribution in [0.5, 0.6) is 0 Å². The van der Waals surface area contributed by atoms with E-state index in [1.54, 1.807) is 0 Å². The molecule has 0 amide bonds. The van der Waals surface area contributed by atoms with Crippen LogP contribution in [0.3, 0.4) is 0 Å². The second-order valence-electron chi connectivity index (χ2n) is 5.15. The molecule has 0 N–H and O–H groups in total. The summed E-state index contributed by atoms with van der Waals surface area (Å²) < 4.78 is 0. The van der Waals surface area contributed by atoms with Crippen molar-refractivity contribution in [3.05, 3.63) is 22.3 Å². The van der Waals surface area contributed by atoms with Crippen molar-refractivity contribution in [1.82, 2.24) is 0 Å². The van der Waals surface area contributed by atoms with Gasteiger partial charge < -0.3 is 0 Å². The zero-order chi connectivity index (χ0) is 12.1. The minimum Gasteiger partial charge on any atom is -0.0888 e. The lowest BCUT2D eigenvalue weighted by Crippen LogP contribution is -2.14. The molecule has 1 heteroatoms. The molecule has 0 nitrogen and oxygen atoms in total. The van der Waals surface area contributed by atoms with Gasteiger partial charge in [0.2, 0.25) is 0 Å². The molecule has 0 bridgehead atoms. The molecule has 0 aromatic carbocycles. The molecular weight excluding hydrogens is 216 g/mol. The summed E-state index contributed by atoms with van der Waals surface area (Å²) in [5.41, 5.74) is 2.84. The van der Waals surface area contributed by atoms with Gasteiger partial charge in [0.25, 0.3) is 0 Å². The lowest BCUT2D eigenvalue weighted by Gasteiger charge is -2.27. The Kier molecular flexibility index (Phi) is 5.61. The Morgan fingerprint density at radius 3 is 2.62 bits per heavy atom. The Morgan fingerprint density at radius 1 is 1.38 bits per heavy atom. The first kappa shape index (κ1) is 13.8. The van der Waals surface area contributed by atoms with Crippen molar-refractivity contribution in [2.24, 2.45) is 11.8 Å². The topological polar surface area (TPSA) is 0 Å². The molecule has 92 valence electrons. The first-order valence-electron chi connectivity index (χ1n) is 6.63. The molecule has 0 spiro atoms. The van der Waals surface area contributed by atoms with Gasteiger partial charge in [-0.25, -0.2) is 0 Å². The summed E-state index contributed by atoms with van der Waals surface area (Å²) in [6.45, 7) is 9.16. The van der Waals surface area contributed by atoms with Gasteiger partial charge in [0.15, 0.2) is 0 Å². The van der Waals surface area contributed by atoms with E-state index in [9.17, 15) is 0 Å². The van der Waals surface area contributed by atoms with Gasteiger partial charge in [-0.1, -0.05) is 63.3 Å². The molecule has 0 saturated carbocycles. The summed E-state index contributed by atoms with van der Waals surface area (Å²) in [4.78, 5) is 0. The number of hydrogen-bond acceptors (Lipinski definition) is 0. The van der Waals surface area contributed by atoms with Crippen LogP contribution in [0.1, 0.15) is 59.8 Å². The lowest BCUT2D eigenvalue weighted by atomic mass is 9.80. The van der Waals surface area contributed by atoms with E-state index in [1.165, 1.54) is 30.4 Å². The lowest BCUT2D eigenvalue weighted by molar-refractivity contribution is 0.398. The zero-order valence-corrected chi connectivity index (χ0v) is 11.9. The average molecular weight is 241 g/mol. The largest absolute Gasteiger partial charge is 0.0888 e. The number of halogens is 1. The molecule has 1 aliphatic carbocycles. The second-order valence-corrected chi connectivity index (χ2v) is 5.61. The molecule has 16 heavy (non-hydrogen) atoms. The summed E-state index contributed by atoms with van der Waals surface area (Å²) in [5, 5.41) is 1.11. The van der Waals surface area contributed by atoms with Crippen molar-refractivity contribution in [2.45, 2.75) is 59.8 Å². The summed E-state index contributed by atoms with van der Waals surface area (Å²) in [6, 6.07) is 0. The quantitative estimate of drug-likeness (QED) is 0.580. The normalized spacial score (nSPS) is 20.7. The maximum Gasteiger partial charge on any atom is 0.0221 e. The highest BCUT2D eigenvalue weighted by atomic mass is 35.5. The van der Waals surface area contributed by atoms with E-state index in [2.05, 4.69) is 33.8 Å². The van der Waals surface area contributed by atoms with Crippen LogP contribution < -0.4 is 0 Å². The van der Waals surface area contributed by atoms with E-state index in [0.717, 1.165) is 23.8 Å². The Labute approximate surface area is 106 Å². The molecule has 0 aliphatic heterocycles. The smallest absolute Gasteiger partial charge is 0.0221 e. The summed E-state index contributed by atoms with van der Waals surface area (Å²) >= 11 is 6.39. The van der Waals surface area contributed by atoms with Crippen molar-refractivity contribution in [2.75, 3.05) is 0 Å². The molecule has 2 atom stereocenters. The van der Waals surface area contributed by atoms with Gasteiger partial charge >= 0.3 is 0 Å². The van der Waals surface area contributed by atoms with Gasteiger partial charge in [0.05, 0.1) is 0 Å². The fraction of sp³-hybridized carbons (Fsp3) is 0.733. The van der Waals surface area contributed by atoms with E-state index in [1.807, 2.05) is 0 Å². The van der Waals surface area contributed by atoms with E-state index in [4.69, 9.17) is 11.6 Å². The number of hydrogen-bond donors (Lipinski definition) is 0. The number of allylic oxidation sites excluding steroid dienone is 4. The fourth-order valence-electron chi connectivity index (χ4n) is 2.54. The highest BCUT2D eigenvalue weighted by Crippen LogP contribution is 2.37. The maximum absolute atomic E-state index is 6.39. The van der Waals surface area contributed by atoms with Gasteiger partial charge in [-0.15, -0.1) is 0 Å². The van der Waals surface area contributed by atoms with Crippen LogP contribution in [0.25, 0.3) is 0 Å². The molecule has 0 heterocycles. The Balaban J connectivity index is 2.71. The monoisotopic (exact) mass is 240 g/mol. The van der Waals surface area contributed by atoms with Crippen LogP contribution in [-0.2, 0) is 0 Å². The third kappa shape index (κ3) is 3.38. The maximum atomic E-state index is 6.39. The van der Waals surface area contributed by atoms with Crippen LogP contribution in [0.4, 0.5) is 0 Å². The van der Waals surface area contributed by atoms with Crippen molar-refractivity contribution in [3.63, 3.8) is 0 Å². The molecule has 0 saturated heterocycles. The van der Waals surface area contributed by atoms with Crippen LogP contribution in [0.15, 0.2) is 22.3 Å². The standard InChI is InChI=1S/C15H25Cl/c1-5-6-8-11(2)13(4)15-12(3)9-7-10-14(15)16/h9,11,13H,5-8,10H2,1-4H3. The molecule has 0 fully saturated rings. The first-order valence-corrected chi connectivity index (χ1v) is 7.01. The molecular formula is C15H25Cl. The SMILES string of the molecule is CCCCC(C)C(C)C1=C(Cl)CCC=C1C. The molecule has 0 aromatic rings. The molecule has 1 rings (SSSR count). The summed E-state index contributed by atoms with van der Waals surface area (Å²) in [5.74, 6) is 1.35. The predicted octanol–water partition coefficient (Wildman–Crippen LogP) is 5.68.